The van der Waals surface area contributed by atoms with Gasteiger partial charge in [-0.3, -0.25) is 4.79 Å². The maximum atomic E-state index is 15.4. The van der Waals surface area contributed by atoms with Crippen LogP contribution in [0.25, 0.3) is 38.5 Å². The van der Waals surface area contributed by atoms with Crippen LogP contribution in [0.2, 0.25) is 0 Å². The minimum atomic E-state index is -1.66. The van der Waals surface area contributed by atoms with Crippen LogP contribution in [0, 0.1) is 18.3 Å². The van der Waals surface area contributed by atoms with Gasteiger partial charge in [0.05, 0.1) is 46.2 Å². The van der Waals surface area contributed by atoms with Gasteiger partial charge in [0.1, 0.15) is 22.8 Å². The Morgan fingerprint density at radius 1 is 0.851 bits per heavy atom. The number of nitriles is 1. The van der Waals surface area contributed by atoms with Crippen molar-refractivity contribution in [2.75, 3.05) is 4.90 Å². The van der Waals surface area contributed by atoms with Crippen LogP contribution in [0.5, 0.6) is 5.75 Å². The highest BCUT2D eigenvalue weighted by molar-refractivity contribution is 6.20. The minimum Gasteiger partial charge on any atom is -0.439 e. The molecule has 0 radical (unpaired) electrons. The first kappa shape index (κ1) is 26.8. The number of nitrogens with zero attached hydrogens (tertiary/aromatic N) is 7. The molecule has 0 saturated heterocycles. The number of carbonyl (C=O) groups excluding carboxylic acids is 1. The summed E-state index contributed by atoms with van der Waals surface area (Å²) in [6.45, 7) is 2.13. The van der Waals surface area contributed by atoms with Crippen molar-refractivity contribution >= 4 is 44.4 Å². The summed E-state index contributed by atoms with van der Waals surface area (Å²) < 4.78 is 8.06. The summed E-state index contributed by atoms with van der Waals surface area (Å²) in [5.74, 6) is -0.104. The maximum Gasteiger partial charge on any atom is 0.248 e. The molecule has 2 N–H and O–H groups in total. The highest BCUT2D eigenvalue weighted by Crippen LogP contribution is 2.58. The Labute approximate surface area is 268 Å². The molecule has 0 aliphatic carbocycles. The molecule has 1 unspecified atom stereocenters. The zero-order valence-electron chi connectivity index (χ0n) is 25.0. The van der Waals surface area contributed by atoms with Gasteiger partial charge in [0.25, 0.3) is 0 Å². The monoisotopic (exact) mass is 612 g/mol. The number of hydrogen-bond acceptors (Lipinski definition) is 8. The SMILES string of the molecule is Cc1ccccc1-n1nncc1CN1C(=O)C2(C(C#N)=C(N)Oc3c2c2nc4ccccc4nc2c2ccccc32)c2ccccc21. The van der Waals surface area contributed by atoms with E-state index in [-0.39, 0.29) is 23.9 Å². The number of fused-ring (bicyclic) bond motifs is 10. The lowest BCUT2D eigenvalue weighted by molar-refractivity contribution is -0.121. The molecule has 0 fully saturated rings. The molecular weight excluding hydrogens is 588 g/mol. The third-order valence-corrected chi connectivity index (χ3v) is 9.23. The molecule has 0 bridgehead atoms. The third-order valence-electron chi connectivity index (χ3n) is 9.23. The van der Waals surface area contributed by atoms with Gasteiger partial charge in [-0.2, -0.15) is 5.26 Å². The lowest BCUT2D eigenvalue weighted by Gasteiger charge is -2.35. The standard InChI is InChI=1S/C37H24N8O2/c1-21-10-2-8-16-29(21)45-22(19-40-43-45)20-44-30-17-9-5-13-25(30)37(36(44)46)26(18-38)35(39)47-34-24-12-4-3-11-23(24)32-33(31(34)37)42-28-15-7-6-14-27(28)41-32/h2-17,19H,20,39H2,1H3. The van der Waals surface area contributed by atoms with Gasteiger partial charge >= 0.3 is 0 Å². The molecule has 4 heterocycles. The first-order valence-corrected chi connectivity index (χ1v) is 15.1. The number of aromatic nitrogens is 5. The number of ether oxygens (including phenoxy) is 1. The molecule has 1 amide bonds. The van der Waals surface area contributed by atoms with Crippen molar-refractivity contribution in [3.8, 4) is 17.5 Å². The van der Waals surface area contributed by atoms with Crippen LogP contribution in [0.1, 0.15) is 22.4 Å². The fraction of sp³-hybridized carbons (Fsp3) is 0.0811. The fourth-order valence-electron chi connectivity index (χ4n) is 7.18. The van der Waals surface area contributed by atoms with E-state index in [1.54, 1.807) is 15.8 Å². The molecule has 10 nitrogen and oxygen atoms in total. The number of benzene rings is 5. The number of amides is 1. The van der Waals surface area contributed by atoms with E-state index >= 15 is 4.79 Å². The van der Waals surface area contributed by atoms with Gasteiger partial charge in [-0.15, -0.1) is 5.10 Å². The van der Waals surface area contributed by atoms with Crippen LogP contribution < -0.4 is 15.4 Å². The predicted octanol–water partition coefficient (Wildman–Crippen LogP) is 5.74. The lowest BCUT2D eigenvalue weighted by Crippen LogP contribution is -2.46. The van der Waals surface area contributed by atoms with E-state index in [9.17, 15) is 5.26 Å². The van der Waals surface area contributed by atoms with Crippen LogP contribution in [-0.4, -0.2) is 30.9 Å². The van der Waals surface area contributed by atoms with Crippen molar-refractivity contribution in [3.63, 3.8) is 0 Å². The zero-order valence-corrected chi connectivity index (χ0v) is 25.0. The summed E-state index contributed by atoms with van der Waals surface area (Å²) in [7, 11) is 0. The van der Waals surface area contributed by atoms with E-state index in [0.29, 0.717) is 55.7 Å². The molecule has 2 aliphatic heterocycles. The van der Waals surface area contributed by atoms with E-state index in [0.717, 1.165) is 16.6 Å². The molecule has 2 aromatic heterocycles. The van der Waals surface area contributed by atoms with E-state index in [4.69, 9.17) is 20.4 Å². The van der Waals surface area contributed by atoms with Gasteiger partial charge in [0.2, 0.25) is 11.8 Å². The second kappa shape index (κ2) is 9.70. The quantitative estimate of drug-likeness (QED) is 0.197. The summed E-state index contributed by atoms with van der Waals surface area (Å²) in [6, 6.07) is 32.9. The molecule has 10 heteroatoms. The van der Waals surface area contributed by atoms with Crippen molar-refractivity contribution in [2.24, 2.45) is 5.73 Å². The minimum absolute atomic E-state index is 0.00188. The molecule has 0 saturated carbocycles. The van der Waals surface area contributed by atoms with Gasteiger partial charge in [0, 0.05) is 27.6 Å². The number of para-hydroxylation sites is 4. The lowest BCUT2D eigenvalue weighted by atomic mass is 9.67. The van der Waals surface area contributed by atoms with Gasteiger partial charge in [-0.25, -0.2) is 14.6 Å². The van der Waals surface area contributed by atoms with Crippen LogP contribution >= 0.6 is 0 Å². The van der Waals surface area contributed by atoms with E-state index in [1.165, 1.54) is 0 Å². The topological polar surface area (TPSA) is 136 Å². The van der Waals surface area contributed by atoms with E-state index in [1.807, 2.05) is 104 Å². The number of anilines is 1. The average Bonchev–Trinajstić information content (AvgIpc) is 3.65. The van der Waals surface area contributed by atoms with Crippen LogP contribution in [0.4, 0.5) is 5.69 Å². The zero-order chi connectivity index (χ0) is 31.9. The van der Waals surface area contributed by atoms with Crippen molar-refractivity contribution < 1.29 is 9.53 Å². The predicted molar refractivity (Wildman–Crippen MR) is 177 cm³/mol. The summed E-state index contributed by atoms with van der Waals surface area (Å²) in [5.41, 5.74) is 11.6. The first-order chi connectivity index (χ1) is 23.0. The normalized spacial score (nSPS) is 16.9. The van der Waals surface area contributed by atoms with Gasteiger partial charge in [-0.05, 0) is 36.8 Å². The Balaban J connectivity index is 1.36. The Hall–Kier alpha value is -6.60. The fourth-order valence-corrected chi connectivity index (χ4v) is 7.18. The first-order valence-electron chi connectivity index (χ1n) is 15.1. The van der Waals surface area contributed by atoms with Crippen LogP contribution in [0.3, 0.4) is 0 Å². The molecule has 7 aromatic rings. The number of carbonyl (C=O) groups is 1. The Kier molecular flexibility index (Phi) is 5.52. The number of rotatable bonds is 3. The summed E-state index contributed by atoms with van der Waals surface area (Å²) in [5, 5.41) is 20.9. The molecular formula is C37H24N8O2. The summed E-state index contributed by atoms with van der Waals surface area (Å²) in [6.07, 6.45) is 1.65. The Bertz CT molecular complexity index is 2560. The van der Waals surface area contributed by atoms with Crippen molar-refractivity contribution in [1.82, 2.24) is 25.0 Å². The second-order valence-corrected chi connectivity index (χ2v) is 11.7. The Morgan fingerprint density at radius 3 is 2.28 bits per heavy atom. The maximum absolute atomic E-state index is 15.4. The molecule has 2 aliphatic rings. The number of aryl methyl sites for hydroxylation is 1. The van der Waals surface area contributed by atoms with Crippen molar-refractivity contribution in [2.45, 2.75) is 18.9 Å². The third kappa shape index (κ3) is 3.50. The summed E-state index contributed by atoms with van der Waals surface area (Å²) >= 11 is 0. The van der Waals surface area contributed by atoms with Gasteiger partial charge in [0.15, 0.2) is 0 Å². The van der Waals surface area contributed by atoms with Crippen LogP contribution in [0.15, 0.2) is 115 Å². The molecule has 47 heavy (non-hydrogen) atoms. The smallest absolute Gasteiger partial charge is 0.248 e. The molecule has 1 spiro atoms. The summed E-state index contributed by atoms with van der Waals surface area (Å²) in [4.78, 5) is 27.3. The van der Waals surface area contributed by atoms with Gasteiger partial charge < -0.3 is 15.4 Å². The largest absolute Gasteiger partial charge is 0.439 e. The highest BCUT2D eigenvalue weighted by atomic mass is 16.5. The molecule has 1 atom stereocenters. The average molecular weight is 613 g/mol. The highest BCUT2D eigenvalue weighted by Gasteiger charge is 2.60. The molecule has 5 aromatic carbocycles. The van der Waals surface area contributed by atoms with Crippen LogP contribution in [-0.2, 0) is 16.8 Å². The van der Waals surface area contributed by atoms with Gasteiger partial charge in [-0.1, -0.05) is 78.0 Å². The number of hydrogen-bond donors (Lipinski definition) is 1. The van der Waals surface area contributed by atoms with Crippen molar-refractivity contribution in [1.29, 1.82) is 5.26 Å². The second-order valence-electron chi connectivity index (χ2n) is 11.7. The number of nitrogens with two attached hydrogens (primary N) is 1. The Morgan fingerprint density at radius 2 is 1.51 bits per heavy atom. The van der Waals surface area contributed by atoms with E-state index in [2.05, 4.69) is 16.4 Å². The van der Waals surface area contributed by atoms with Crippen molar-refractivity contribution in [3.05, 3.63) is 137 Å². The van der Waals surface area contributed by atoms with E-state index < -0.39 is 5.41 Å². The molecule has 224 valence electrons. The molecule has 9 rings (SSSR count).